The highest BCUT2D eigenvalue weighted by atomic mass is 19.4. The van der Waals surface area contributed by atoms with E-state index in [0.29, 0.717) is 12.8 Å². The smallest absolute Gasteiger partial charge is 0.451 e. The highest BCUT2D eigenvalue weighted by molar-refractivity contribution is 5.68. The Morgan fingerprint density at radius 1 is 1.22 bits per heavy atom. The molecule has 1 N–H and O–H groups in total. The summed E-state index contributed by atoms with van der Waals surface area (Å²) in [6.45, 7) is 5.30. The number of alkyl halides is 3. The number of carbonyl (C=O) groups excluding carboxylic acids is 1. The first kappa shape index (κ1) is 17.3. The third kappa shape index (κ3) is 5.26. The van der Waals surface area contributed by atoms with E-state index in [-0.39, 0.29) is 17.9 Å². The van der Waals surface area contributed by atoms with Crippen molar-refractivity contribution in [2.24, 2.45) is 0 Å². The van der Waals surface area contributed by atoms with E-state index in [9.17, 15) is 18.0 Å². The first-order valence-electron chi connectivity index (χ1n) is 7.08. The molecule has 1 aliphatic carbocycles. The van der Waals surface area contributed by atoms with Gasteiger partial charge in [-0.25, -0.2) is 14.8 Å². The van der Waals surface area contributed by atoms with E-state index in [4.69, 9.17) is 9.47 Å². The number of ether oxygens (including phenoxy) is 2. The van der Waals surface area contributed by atoms with E-state index in [1.165, 1.54) is 0 Å². The number of hydrogen-bond acceptors (Lipinski definition) is 5. The molecule has 2 rings (SSSR count). The molecule has 0 atom stereocenters. The number of halogens is 3. The summed E-state index contributed by atoms with van der Waals surface area (Å²) in [5, 5.41) is 2.70. The van der Waals surface area contributed by atoms with Gasteiger partial charge in [0.15, 0.2) is 5.75 Å². The summed E-state index contributed by atoms with van der Waals surface area (Å²) in [7, 11) is 0. The second kappa shape index (κ2) is 6.21. The molecule has 1 aromatic rings. The maximum atomic E-state index is 12.3. The lowest BCUT2D eigenvalue weighted by Gasteiger charge is -2.35. The Hall–Kier alpha value is -2.06. The molecule has 1 aromatic heterocycles. The molecule has 1 saturated carbocycles. The maximum absolute atomic E-state index is 12.3. The molecule has 0 unspecified atom stereocenters. The molecule has 9 heteroatoms. The topological polar surface area (TPSA) is 73.3 Å². The van der Waals surface area contributed by atoms with E-state index >= 15 is 0 Å². The van der Waals surface area contributed by atoms with Crippen molar-refractivity contribution < 1.29 is 27.4 Å². The molecule has 1 amide bonds. The van der Waals surface area contributed by atoms with E-state index in [2.05, 4.69) is 15.3 Å². The Morgan fingerprint density at radius 2 is 1.78 bits per heavy atom. The molecule has 6 nitrogen and oxygen atoms in total. The summed E-state index contributed by atoms with van der Waals surface area (Å²) in [5.41, 5.74) is -0.568. The van der Waals surface area contributed by atoms with Crippen molar-refractivity contribution in [2.45, 2.75) is 57.5 Å². The second-order valence-corrected chi connectivity index (χ2v) is 6.29. The highest BCUT2D eigenvalue weighted by Gasteiger charge is 2.35. The van der Waals surface area contributed by atoms with Crippen LogP contribution in [0.15, 0.2) is 12.4 Å². The average Bonchev–Trinajstić information content (AvgIpc) is 2.33. The van der Waals surface area contributed by atoms with Gasteiger partial charge in [0.25, 0.3) is 0 Å². The highest BCUT2D eigenvalue weighted by Crippen LogP contribution is 2.28. The summed E-state index contributed by atoms with van der Waals surface area (Å²) >= 11 is 0. The molecular weight excluding hydrogens is 315 g/mol. The minimum absolute atomic E-state index is 0.0785. The fourth-order valence-corrected chi connectivity index (χ4v) is 1.97. The van der Waals surface area contributed by atoms with Crippen molar-refractivity contribution >= 4 is 6.09 Å². The van der Waals surface area contributed by atoms with Crippen molar-refractivity contribution in [2.75, 3.05) is 0 Å². The molecule has 0 aliphatic heterocycles. The van der Waals surface area contributed by atoms with Crippen LogP contribution in [0.1, 0.15) is 39.4 Å². The van der Waals surface area contributed by atoms with Gasteiger partial charge < -0.3 is 14.8 Å². The molecule has 1 fully saturated rings. The van der Waals surface area contributed by atoms with Crippen LogP contribution in [-0.4, -0.2) is 33.8 Å². The van der Waals surface area contributed by atoms with Crippen LogP contribution >= 0.6 is 0 Å². The van der Waals surface area contributed by atoms with Gasteiger partial charge in [0.1, 0.15) is 11.7 Å². The number of hydrogen-bond donors (Lipinski definition) is 1. The number of aromatic nitrogens is 2. The Kier molecular flexibility index (Phi) is 4.67. The lowest BCUT2D eigenvalue weighted by atomic mass is 9.89. The summed E-state index contributed by atoms with van der Waals surface area (Å²) in [4.78, 5) is 18.0. The maximum Gasteiger partial charge on any atom is 0.451 e. The van der Waals surface area contributed by atoms with Gasteiger partial charge >= 0.3 is 12.3 Å². The van der Waals surface area contributed by atoms with Gasteiger partial charge in [0.2, 0.25) is 5.82 Å². The predicted molar refractivity (Wildman–Crippen MR) is 73.8 cm³/mol. The number of alkyl carbamates (subject to hydrolysis) is 1. The molecule has 1 heterocycles. The summed E-state index contributed by atoms with van der Waals surface area (Å²) in [5.74, 6) is -1.04. The van der Waals surface area contributed by atoms with Crippen molar-refractivity contribution in [1.29, 1.82) is 0 Å². The first-order valence-corrected chi connectivity index (χ1v) is 7.08. The number of nitrogens with one attached hydrogen (secondary N) is 1. The molecule has 0 aromatic carbocycles. The van der Waals surface area contributed by atoms with Gasteiger partial charge in [-0.2, -0.15) is 13.2 Å². The van der Waals surface area contributed by atoms with Crippen molar-refractivity contribution in [3.8, 4) is 5.75 Å². The third-order valence-corrected chi connectivity index (χ3v) is 3.00. The Morgan fingerprint density at radius 3 is 2.26 bits per heavy atom. The first-order chi connectivity index (χ1) is 10.5. The lowest BCUT2D eigenvalue weighted by Crippen LogP contribution is -2.50. The van der Waals surface area contributed by atoms with Gasteiger partial charge in [0, 0.05) is 18.9 Å². The largest absolute Gasteiger partial charge is 0.487 e. The monoisotopic (exact) mass is 333 g/mol. The van der Waals surface area contributed by atoms with Crippen molar-refractivity contribution in [1.82, 2.24) is 15.3 Å². The van der Waals surface area contributed by atoms with Gasteiger partial charge in [-0.3, -0.25) is 0 Å². The number of amides is 1. The zero-order valence-corrected chi connectivity index (χ0v) is 13.0. The minimum atomic E-state index is -4.57. The van der Waals surface area contributed by atoms with E-state index < -0.39 is 23.7 Å². The summed E-state index contributed by atoms with van der Waals surface area (Å²) in [6, 6.07) is -0.0785. The SMILES string of the molecule is CC(C)(C)OC(=O)N[C@H]1C[C@H](Oc2cnc(C(F)(F)F)nc2)C1. The molecule has 0 saturated heterocycles. The van der Waals surface area contributed by atoms with E-state index in [1.807, 2.05) is 0 Å². The molecule has 0 spiro atoms. The zero-order chi connectivity index (χ0) is 17.3. The standard InChI is InChI=1S/C14H18F3N3O3/c1-13(2,3)23-12(21)20-8-4-9(5-8)22-10-6-18-11(19-7-10)14(15,16)17/h6-9H,4-5H2,1-3H3,(H,20,21)/t8-,9-. The molecule has 0 radical (unpaired) electrons. The quantitative estimate of drug-likeness (QED) is 0.921. The fourth-order valence-electron chi connectivity index (χ4n) is 1.97. The molecule has 0 bridgehead atoms. The third-order valence-electron chi connectivity index (χ3n) is 3.00. The summed E-state index contributed by atoms with van der Waals surface area (Å²) < 4.78 is 47.6. The average molecular weight is 333 g/mol. The number of nitrogens with zero attached hydrogens (tertiary/aromatic N) is 2. The van der Waals surface area contributed by atoms with Crippen LogP contribution in [0.5, 0.6) is 5.75 Å². The van der Waals surface area contributed by atoms with Gasteiger partial charge in [-0.05, 0) is 20.8 Å². The Balaban J connectivity index is 1.75. The van der Waals surface area contributed by atoms with Gasteiger partial charge in [-0.1, -0.05) is 0 Å². The van der Waals surface area contributed by atoms with Crippen LogP contribution in [0.2, 0.25) is 0 Å². The molecule has 23 heavy (non-hydrogen) atoms. The van der Waals surface area contributed by atoms with Crippen LogP contribution in [-0.2, 0) is 10.9 Å². The number of carbonyl (C=O) groups is 1. The van der Waals surface area contributed by atoms with Crippen LogP contribution in [0, 0.1) is 0 Å². The normalized spacial score (nSPS) is 21.3. The minimum Gasteiger partial charge on any atom is -0.487 e. The van der Waals surface area contributed by atoms with Crippen LogP contribution in [0.4, 0.5) is 18.0 Å². The Bertz CT molecular complexity index is 549. The summed E-state index contributed by atoms with van der Waals surface area (Å²) in [6.07, 6.45) is -2.21. The second-order valence-electron chi connectivity index (χ2n) is 6.29. The van der Waals surface area contributed by atoms with Crippen LogP contribution in [0.3, 0.4) is 0 Å². The van der Waals surface area contributed by atoms with Gasteiger partial charge in [-0.15, -0.1) is 0 Å². The zero-order valence-electron chi connectivity index (χ0n) is 13.0. The Labute approximate surface area is 131 Å². The van der Waals surface area contributed by atoms with Crippen LogP contribution in [0.25, 0.3) is 0 Å². The number of rotatable bonds is 3. The lowest BCUT2D eigenvalue weighted by molar-refractivity contribution is -0.145. The molecular formula is C14H18F3N3O3. The van der Waals surface area contributed by atoms with E-state index in [0.717, 1.165) is 12.4 Å². The van der Waals surface area contributed by atoms with Crippen molar-refractivity contribution in [3.63, 3.8) is 0 Å². The molecule has 1 aliphatic rings. The molecule has 128 valence electrons. The van der Waals surface area contributed by atoms with E-state index in [1.54, 1.807) is 20.8 Å². The predicted octanol–water partition coefficient (Wildman–Crippen LogP) is 2.93. The fraction of sp³-hybridized carbons (Fsp3) is 0.643. The van der Waals surface area contributed by atoms with Crippen molar-refractivity contribution in [3.05, 3.63) is 18.2 Å². The van der Waals surface area contributed by atoms with Gasteiger partial charge in [0.05, 0.1) is 12.4 Å². The van der Waals surface area contributed by atoms with Crippen LogP contribution < -0.4 is 10.1 Å².